The number of nitrogen functional groups attached to an aromatic ring is 1. The number of halogens is 1. The molecule has 0 radical (unpaired) electrons. The van der Waals surface area contributed by atoms with Gasteiger partial charge in [-0.2, -0.15) is 0 Å². The predicted molar refractivity (Wildman–Crippen MR) is 77.7 cm³/mol. The molecule has 4 nitrogen and oxygen atoms in total. The van der Waals surface area contributed by atoms with E-state index in [1.165, 1.54) is 30.3 Å². The average molecular weight is 310 g/mol. The highest BCUT2D eigenvalue weighted by atomic mass is 35.5. The number of anilines is 1. The van der Waals surface area contributed by atoms with Crippen LogP contribution in [-0.4, -0.2) is 13.7 Å². The Morgan fingerprint density at radius 1 is 1.10 bits per heavy atom. The van der Waals surface area contributed by atoms with Crippen molar-refractivity contribution in [2.24, 2.45) is 0 Å². The summed E-state index contributed by atoms with van der Waals surface area (Å²) in [7, 11) is -3.89. The van der Waals surface area contributed by atoms with Crippen molar-refractivity contribution in [2.75, 3.05) is 5.73 Å². The van der Waals surface area contributed by atoms with Gasteiger partial charge in [0.2, 0.25) is 9.84 Å². The van der Waals surface area contributed by atoms with E-state index >= 15 is 0 Å². The van der Waals surface area contributed by atoms with Gasteiger partial charge in [0.25, 0.3) is 5.24 Å². The van der Waals surface area contributed by atoms with Crippen LogP contribution in [0.4, 0.5) is 5.69 Å². The van der Waals surface area contributed by atoms with Gasteiger partial charge in [0.05, 0.1) is 16.1 Å². The highest BCUT2D eigenvalue weighted by Gasteiger charge is 2.26. The number of benzene rings is 2. The molecule has 0 aliphatic heterocycles. The largest absolute Gasteiger partial charge is 0.398 e. The molecule has 0 bridgehead atoms. The Morgan fingerprint density at radius 3 is 2.25 bits per heavy atom. The molecular weight excluding hydrogens is 298 g/mol. The van der Waals surface area contributed by atoms with E-state index in [0.717, 1.165) is 5.56 Å². The minimum Gasteiger partial charge on any atom is -0.398 e. The lowest BCUT2D eigenvalue weighted by atomic mass is 10.2. The van der Waals surface area contributed by atoms with E-state index in [1.807, 2.05) is 6.92 Å². The summed E-state index contributed by atoms with van der Waals surface area (Å²) in [4.78, 5) is 11.2. The summed E-state index contributed by atoms with van der Waals surface area (Å²) >= 11 is 5.44. The van der Waals surface area contributed by atoms with Crippen LogP contribution in [0, 0.1) is 6.92 Å². The number of carbonyl (C=O) groups is 1. The summed E-state index contributed by atoms with van der Waals surface area (Å²) in [6, 6.07) is 10.5. The minimum absolute atomic E-state index is 0.00271. The van der Waals surface area contributed by atoms with Crippen molar-refractivity contribution in [1.29, 1.82) is 0 Å². The Labute approximate surface area is 122 Å². The molecule has 0 saturated carbocycles. The van der Waals surface area contributed by atoms with Gasteiger partial charge in [-0.25, -0.2) is 8.42 Å². The highest BCUT2D eigenvalue weighted by molar-refractivity contribution is 7.91. The lowest BCUT2D eigenvalue weighted by Crippen LogP contribution is -2.10. The standard InChI is InChI=1S/C14H12ClNO3S/c1-9-5-7-10(8-6-9)20(18,19)13-11(14(15)17)3-2-4-12(13)16/h2-8H,16H2,1H3. The molecule has 0 heterocycles. The molecule has 20 heavy (non-hydrogen) atoms. The van der Waals surface area contributed by atoms with Crippen LogP contribution in [0.2, 0.25) is 0 Å². The Hall–Kier alpha value is -1.85. The van der Waals surface area contributed by atoms with Gasteiger partial charge in [0, 0.05) is 0 Å². The quantitative estimate of drug-likeness (QED) is 0.698. The first kappa shape index (κ1) is 14.6. The molecule has 2 N–H and O–H groups in total. The second kappa shape index (κ2) is 5.26. The van der Waals surface area contributed by atoms with Gasteiger partial charge in [-0.1, -0.05) is 23.8 Å². The normalized spacial score (nSPS) is 11.3. The van der Waals surface area contributed by atoms with Crippen molar-refractivity contribution >= 4 is 32.4 Å². The first-order chi connectivity index (χ1) is 9.34. The molecular formula is C14H12ClNO3S. The molecule has 0 atom stereocenters. The summed E-state index contributed by atoms with van der Waals surface area (Å²) in [5, 5.41) is -0.858. The molecule has 104 valence electrons. The molecule has 2 aromatic carbocycles. The third-order valence-corrected chi connectivity index (χ3v) is 4.95. The van der Waals surface area contributed by atoms with Crippen LogP contribution in [0.3, 0.4) is 0 Å². The van der Waals surface area contributed by atoms with Gasteiger partial charge in [0.1, 0.15) is 4.90 Å². The van der Waals surface area contributed by atoms with E-state index in [0.29, 0.717) is 0 Å². The summed E-state index contributed by atoms with van der Waals surface area (Å²) < 4.78 is 25.2. The number of nitrogens with two attached hydrogens (primary N) is 1. The summed E-state index contributed by atoms with van der Waals surface area (Å²) in [5.74, 6) is 0. The number of sulfone groups is 1. The van der Waals surface area contributed by atoms with Gasteiger partial charge < -0.3 is 5.73 Å². The van der Waals surface area contributed by atoms with E-state index in [4.69, 9.17) is 17.3 Å². The van der Waals surface area contributed by atoms with Crippen LogP contribution in [0.15, 0.2) is 52.3 Å². The molecule has 0 saturated heterocycles. The van der Waals surface area contributed by atoms with Gasteiger partial charge in [-0.3, -0.25) is 4.79 Å². The third kappa shape index (κ3) is 2.55. The molecule has 0 aliphatic rings. The molecule has 0 aliphatic carbocycles. The number of aryl methyl sites for hydroxylation is 1. The number of hydrogen-bond donors (Lipinski definition) is 1. The van der Waals surface area contributed by atoms with Crippen LogP contribution in [0.1, 0.15) is 15.9 Å². The van der Waals surface area contributed by atoms with E-state index in [1.54, 1.807) is 12.1 Å². The van der Waals surface area contributed by atoms with Gasteiger partial charge in [-0.15, -0.1) is 0 Å². The van der Waals surface area contributed by atoms with Crippen LogP contribution >= 0.6 is 11.6 Å². The molecule has 0 spiro atoms. The van der Waals surface area contributed by atoms with Crippen molar-refractivity contribution in [1.82, 2.24) is 0 Å². The highest BCUT2D eigenvalue weighted by Crippen LogP contribution is 2.30. The molecule has 0 aromatic heterocycles. The van der Waals surface area contributed by atoms with Crippen molar-refractivity contribution in [3.63, 3.8) is 0 Å². The van der Waals surface area contributed by atoms with Gasteiger partial charge in [0.15, 0.2) is 0 Å². The van der Waals surface area contributed by atoms with Crippen LogP contribution in [0.5, 0.6) is 0 Å². The Kier molecular flexibility index (Phi) is 3.83. The van der Waals surface area contributed by atoms with Crippen molar-refractivity contribution < 1.29 is 13.2 Å². The fourth-order valence-corrected chi connectivity index (χ4v) is 3.62. The van der Waals surface area contributed by atoms with Crippen LogP contribution in [0.25, 0.3) is 0 Å². The Balaban J connectivity index is 2.72. The average Bonchev–Trinajstić information content (AvgIpc) is 2.38. The monoisotopic (exact) mass is 309 g/mol. The smallest absolute Gasteiger partial charge is 0.253 e. The first-order valence-corrected chi connectivity index (χ1v) is 7.60. The lowest BCUT2D eigenvalue weighted by molar-refractivity contribution is 0.107. The van der Waals surface area contributed by atoms with Crippen molar-refractivity contribution in [2.45, 2.75) is 16.7 Å². The fraction of sp³-hybridized carbons (Fsp3) is 0.0714. The zero-order chi connectivity index (χ0) is 14.9. The van der Waals surface area contributed by atoms with Crippen molar-refractivity contribution in [3.05, 3.63) is 53.6 Å². The van der Waals surface area contributed by atoms with Crippen molar-refractivity contribution in [3.8, 4) is 0 Å². The molecule has 6 heteroatoms. The topological polar surface area (TPSA) is 77.2 Å². The maximum absolute atomic E-state index is 12.6. The SMILES string of the molecule is Cc1ccc(S(=O)(=O)c2c(N)cccc2C(=O)Cl)cc1. The lowest BCUT2D eigenvalue weighted by Gasteiger charge is -2.11. The molecule has 2 rings (SSSR count). The Morgan fingerprint density at radius 2 is 1.70 bits per heavy atom. The van der Waals surface area contributed by atoms with Crippen LogP contribution < -0.4 is 5.73 Å². The summed E-state index contributed by atoms with van der Waals surface area (Å²) in [6.45, 7) is 1.85. The number of hydrogen-bond acceptors (Lipinski definition) is 4. The second-order valence-corrected chi connectivity index (χ2v) is 6.54. The molecule has 0 amide bonds. The molecule has 0 unspecified atom stereocenters. The molecule has 0 fully saturated rings. The zero-order valence-corrected chi connectivity index (χ0v) is 12.2. The van der Waals surface area contributed by atoms with E-state index in [2.05, 4.69) is 0 Å². The van der Waals surface area contributed by atoms with E-state index in [-0.39, 0.29) is 21.0 Å². The predicted octanol–water partition coefficient (Wildman–Crippen LogP) is 2.79. The molecule has 2 aromatic rings. The second-order valence-electron chi connectivity index (χ2n) is 4.31. The summed E-state index contributed by atoms with van der Waals surface area (Å²) in [6.07, 6.45) is 0. The van der Waals surface area contributed by atoms with Gasteiger partial charge >= 0.3 is 0 Å². The maximum Gasteiger partial charge on any atom is 0.253 e. The van der Waals surface area contributed by atoms with E-state index < -0.39 is 15.1 Å². The number of carbonyl (C=O) groups excluding carboxylic acids is 1. The third-order valence-electron chi connectivity index (χ3n) is 2.86. The maximum atomic E-state index is 12.6. The fourth-order valence-electron chi connectivity index (χ4n) is 1.84. The Bertz CT molecular complexity index is 768. The summed E-state index contributed by atoms with van der Waals surface area (Å²) in [5.41, 5.74) is 6.53. The van der Waals surface area contributed by atoms with Crippen LogP contribution in [-0.2, 0) is 9.84 Å². The first-order valence-electron chi connectivity index (χ1n) is 5.74. The van der Waals surface area contributed by atoms with Gasteiger partial charge in [-0.05, 0) is 42.8 Å². The van der Waals surface area contributed by atoms with E-state index in [9.17, 15) is 13.2 Å². The zero-order valence-electron chi connectivity index (χ0n) is 10.6. The number of rotatable bonds is 3. The minimum atomic E-state index is -3.89.